The number of aryl methyl sites for hydroxylation is 1. The number of anilines is 1. The van der Waals surface area contributed by atoms with E-state index in [0.717, 1.165) is 30.2 Å². The molecule has 1 fully saturated rings. The van der Waals surface area contributed by atoms with Crippen molar-refractivity contribution in [1.82, 2.24) is 15.3 Å². The normalized spacial score (nSPS) is 17.0. The minimum atomic E-state index is -3.97. The number of benzene rings is 1. The highest BCUT2D eigenvalue weighted by Crippen LogP contribution is 2.35. The predicted molar refractivity (Wildman–Crippen MR) is 124 cm³/mol. The Morgan fingerprint density at radius 3 is 2.53 bits per heavy atom. The largest absolute Gasteiger partial charge is 0.351 e. The fraction of sp³-hybridized carbons (Fsp3) is 0.250. The molecule has 176 valence electrons. The van der Waals surface area contributed by atoms with Crippen LogP contribution >= 0.6 is 0 Å². The fourth-order valence-electron chi connectivity index (χ4n) is 3.81. The molecule has 1 aliphatic heterocycles. The maximum Gasteiger partial charge on any atom is 0.269 e. The topological polar surface area (TPSA) is 109 Å². The van der Waals surface area contributed by atoms with E-state index in [2.05, 4.69) is 27.4 Å². The van der Waals surface area contributed by atoms with Crippen molar-refractivity contribution in [2.75, 3.05) is 17.2 Å². The third kappa shape index (κ3) is 5.28. The number of nitrogens with one attached hydrogen (secondary N) is 1. The van der Waals surface area contributed by atoms with Crippen molar-refractivity contribution in [3.63, 3.8) is 0 Å². The number of sulfone groups is 1. The van der Waals surface area contributed by atoms with Crippen molar-refractivity contribution in [1.29, 1.82) is 0 Å². The number of amides is 2. The van der Waals surface area contributed by atoms with E-state index in [4.69, 9.17) is 0 Å². The molecule has 8 nitrogen and oxygen atoms in total. The average molecular weight is 483 g/mol. The van der Waals surface area contributed by atoms with Gasteiger partial charge in [0.25, 0.3) is 5.91 Å². The van der Waals surface area contributed by atoms with Gasteiger partial charge >= 0.3 is 0 Å². The van der Waals surface area contributed by atoms with Gasteiger partial charge in [-0.15, -0.1) is 0 Å². The number of carbonyl (C=O) groups excluding carboxylic acids is 2. The molecule has 10 heteroatoms. The van der Waals surface area contributed by atoms with Gasteiger partial charge in [-0.3, -0.25) is 14.5 Å². The Labute approximate surface area is 196 Å². The summed E-state index contributed by atoms with van der Waals surface area (Å²) in [6, 6.07) is 18.2. The van der Waals surface area contributed by atoms with Gasteiger partial charge in [-0.1, -0.05) is 42.5 Å². The fourth-order valence-corrected chi connectivity index (χ4v) is 5.50. The van der Waals surface area contributed by atoms with Gasteiger partial charge in [-0.2, -0.15) is 4.39 Å². The average Bonchev–Trinajstić information content (AvgIpc) is 3.07. The van der Waals surface area contributed by atoms with E-state index in [9.17, 15) is 22.4 Å². The lowest BCUT2D eigenvalue weighted by molar-refractivity contribution is -0.115. The molecule has 3 aromatic rings. The molecule has 0 aliphatic carbocycles. The van der Waals surface area contributed by atoms with Crippen LogP contribution in [-0.4, -0.2) is 42.5 Å². The van der Waals surface area contributed by atoms with Crippen LogP contribution in [0.5, 0.6) is 0 Å². The number of hydrogen-bond donors (Lipinski definition) is 1. The Morgan fingerprint density at radius 2 is 1.76 bits per heavy atom. The highest BCUT2D eigenvalue weighted by atomic mass is 32.2. The molecule has 1 saturated heterocycles. The summed E-state index contributed by atoms with van der Waals surface area (Å²) in [6.45, 7) is 0.442. The second-order valence-corrected chi connectivity index (χ2v) is 9.95. The minimum absolute atomic E-state index is 0.00589. The molecule has 1 aliphatic rings. The molecule has 2 amide bonds. The minimum Gasteiger partial charge on any atom is -0.351 e. The van der Waals surface area contributed by atoms with E-state index in [0.29, 0.717) is 6.54 Å². The zero-order valence-corrected chi connectivity index (χ0v) is 19.0. The van der Waals surface area contributed by atoms with E-state index in [1.165, 1.54) is 35.9 Å². The lowest BCUT2D eigenvalue weighted by Gasteiger charge is -2.22. The van der Waals surface area contributed by atoms with Crippen LogP contribution in [0.2, 0.25) is 0 Å². The number of carbonyl (C=O) groups is 2. The Balaban J connectivity index is 1.46. The van der Waals surface area contributed by atoms with Crippen molar-refractivity contribution >= 4 is 27.5 Å². The van der Waals surface area contributed by atoms with Crippen LogP contribution in [0, 0.1) is 5.95 Å². The van der Waals surface area contributed by atoms with Gasteiger partial charge in [0.2, 0.25) is 11.9 Å². The van der Waals surface area contributed by atoms with Crippen LogP contribution < -0.4 is 10.2 Å². The highest BCUT2D eigenvalue weighted by molar-refractivity contribution is 7.93. The van der Waals surface area contributed by atoms with Crippen LogP contribution in [0.3, 0.4) is 0 Å². The maximum atomic E-state index is 13.6. The number of hydrogen-bond acceptors (Lipinski definition) is 6. The molecule has 1 aromatic carbocycles. The standard InChI is InChI=1S/C24H23FN4O4S/c25-20-13-7-14-21(28-20)29-22(30)16-34(32,33)24(29)19-12-6-11-18(27-19)23(31)26-15-5-4-10-17-8-2-1-3-9-17/h1-3,6-9,11-14,24H,4-5,10,15-16H2,(H,26,31). The van der Waals surface area contributed by atoms with Crippen molar-refractivity contribution < 1.29 is 22.4 Å². The van der Waals surface area contributed by atoms with E-state index in [-0.39, 0.29) is 17.2 Å². The van der Waals surface area contributed by atoms with Crippen molar-refractivity contribution in [2.45, 2.75) is 24.6 Å². The van der Waals surface area contributed by atoms with E-state index in [1.807, 2.05) is 18.2 Å². The number of halogens is 1. The molecule has 2 aromatic heterocycles. The summed E-state index contributed by atoms with van der Waals surface area (Å²) in [5.74, 6) is -2.92. The molecule has 0 bridgehead atoms. The van der Waals surface area contributed by atoms with Crippen LogP contribution in [0.4, 0.5) is 10.2 Å². The van der Waals surface area contributed by atoms with Crippen LogP contribution in [0.15, 0.2) is 66.7 Å². The van der Waals surface area contributed by atoms with Crippen LogP contribution in [0.25, 0.3) is 0 Å². The Kier molecular flexibility index (Phi) is 6.97. The number of aromatic nitrogens is 2. The smallest absolute Gasteiger partial charge is 0.269 e. The number of pyridine rings is 2. The Hall–Kier alpha value is -3.66. The third-order valence-electron chi connectivity index (χ3n) is 5.39. The summed E-state index contributed by atoms with van der Waals surface area (Å²) >= 11 is 0. The number of nitrogens with zero attached hydrogens (tertiary/aromatic N) is 3. The van der Waals surface area contributed by atoms with E-state index in [1.54, 1.807) is 0 Å². The summed E-state index contributed by atoms with van der Waals surface area (Å²) in [5.41, 5.74) is 1.25. The first-order valence-electron chi connectivity index (χ1n) is 10.8. The molecule has 1 atom stereocenters. The summed E-state index contributed by atoms with van der Waals surface area (Å²) < 4.78 is 39.2. The van der Waals surface area contributed by atoms with Gasteiger partial charge < -0.3 is 5.32 Å². The molecule has 34 heavy (non-hydrogen) atoms. The molecule has 4 rings (SSSR count). The molecule has 0 radical (unpaired) electrons. The van der Waals surface area contributed by atoms with Crippen LogP contribution in [0.1, 0.15) is 40.0 Å². The summed E-state index contributed by atoms with van der Waals surface area (Å²) in [6.07, 6.45) is 2.57. The van der Waals surface area contributed by atoms with E-state index >= 15 is 0 Å². The SMILES string of the molecule is O=C(NCCCCc1ccccc1)c1cccc(C2N(c3cccc(F)n3)C(=O)CS2(=O)=O)n1. The first-order valence-corrected chi connectivity index (χ1v) is 12.5. The number of rotatable bonds is 8. The zero-order valence-electron chi connectivity index (χ0n) is 18.2. The first-order chi connectivity index (χ1) is 16.3. The molecule has 1 unspecified atom stereocenters. The summed E-state index contributed by atoms with van der Waals surface area (Å²) in [5, 5.41) is 1.30. The molecular weight excluding hydrogens is 459 g/mol. The predicted octanol–water partition coefficient (Wildman–Crippen LogP) is 2.83. The lowest BCUT2D eigenvalue weighted by Crippen LogP contribution is -2.31. The maximum absolute atomic E-state index is 13.6. The van der Waals surface area contributed by atoms with Gasteiger partial charge in [-0.05, 0) is 49.1 Å². The van der Waals surface area contributed by atoms with E-state index < -0.39 is 38.7 Å². The van der Waals surface area contributed by atoms with Gasteiger partial charge in [0.05, 0.1) is 5.69 Å². The second-order valence-electron chi connectivity index (χ2n) is 7.89. The van der Waals surface area contributed by atoms with Crippen molar-refractivity contribution in [3.05, 3.63) is 89.6 Å². The van der Waals surface area contributed by atoms with Crippen molar-refractivity contribution in [2.24, 2.45) is 0 Å². The molecule has 1 N–H and O–H groups in total. The summed E-state index contributed by atoms with van der Waals surface area (Å²) in [7, 11) is -3.97. The lowest BCUT2D eigenvalue weighted by atomic mass is 10.1. The highest BCUT2D eigenvalue weighted by Gasteiger charge is 2.47. The van der Waals surface area contributed by atoms with Gasteiger partial charge in [0, 0.05) is 6.54 Å². The van der Waals surface area contributed by atoms with Gasteiger partial charge in [-0.25, -0.2) is 18.4 Å². The number of unbranched alkanes of at least 4 members (excludes halogenated alkanes) is 1. The molecule has 0 saturated carbocycles. The monoisotopic (exact) mass is 482 g/mol. The second kappa shape index (κ2) is 10.1. The Bertz CT molecular complexity index is 1300. The zero-order chi connectivity index (χ0) is 24.1. The van der Waals surface area contributed by atoms with Gasteiger partial charge in [0.15, 0.2) is 15.2 Å². The van der Waals surface area contributed by atoms with Crippen molar-refractivity contribution in [3.8, 4) is 0 Å². The third-order valence-corrected chi connectivity index (χ3v) is 7.17. The molecular formula is C24H23FN4O4S. The first kappa shape index (κ1) is 23.5. The van der Waals surface area contributed by atoms with Gasteiger partial charge in [0.1, 0.15) is 17.3 Å². The molecule has 3 heterocycles. The quantitative estimate of drug-likeness (QED) is 0.391. The van der Waals surface area contributed by atoms with Crippen LogP contribution in [-0.2, 0) is 21.1 Å². The summed E-state index contributed by atoms with van der Waals surface area (Å²) in [4.78, 5) is 33.9. The Morgan fingerprint density at radius 1 is 1.00 bits per heavy atom. The molecule has 0 spiro atoms.